The third-order valence-corrected chi connectivity index (χ3v) is 5.97. The molecule has 2 saturated heterocycles. The van der Waals surface area contributed by atoms with Crippen LogP contribution >= 0.6 is 0 Å². The number of hydrogen-bond donors (Lipinski definition) is 0. The van der Waals surface area contributed by atoms with Crippen LogP contribution in [0, 0.1) is 5.92 Å². The van der Waals surface area contributed by atoms with Gasteiger partial charge in [0.2, 0.25) is 5.91 Å². The second kappa shape index (κ2) is 7.64. The molecule has 0 radical (unpaired) electrons. The molecule has 2 aliphatic heterocycles. The number of aromatic nitrogens is 2. The summed E-state index contributed by atoms with van der Waals surface area (Å²) in [6, 6.07) is 2.11. The molecule has 1 unspecified atom stereocenters. The number of carbonyl (C=O) groups excluding carboxylic acids is 2. The van der Waals surface area contributed by atoms with Crippen molar-refractivity contribution in [2.24, 2.45) is 5.92 Å². The highest BCUT2D eigenvalue weighted by Crippen LogP contribution is 2.39. The van der Waals surface area contributed by atoms with Gasteiger partial charge < -0.3 is 9.80 Å². The first-order valence-corrected chi connectivity index (χ1v) is 10.5. The van der Waals surface area contributed by atoms with E-state index in [0.29, 0.717) is 24.7 Å². The molecule has 3 heterocycles. The Morgan fingerprint density at radius 3 is 2.44 bits per heavy atom. The SMILES string of the molecule is CCn1nc(CC(C)C)cc1C(=O)N1CCCC12CCCN(C(C)C)C2=O. The molecule has 2 fully saturated rings. The standard InChI is InChI=1S/C21H34N4O2/c1-6-25-18(14-17(22-25)13-15(2)3)19(26)24-12-8-10-21(24)9-7-11-23(16(4)5)20(21)27/h14-16H,6-13H2,1-5H3. The first kappa shape index (κ1) is 19.9. The van der Waals surface area contributed by atoms with Crippen molar-refractivity contribution in [1.82, 2.24) is 19.6 Å². The van der Waals surface area contributed by atoms with E-state index in [1.54, 1.807) is 4.68 Å². The molecule has 150 valence electrons. The van der Waals surface area contributed by atoms with Gasteiger partial charge in [-0.25, -0.2) is 0 Å². The Morgan fingerprint density at radius 1 is 1.19 bits per heavy atom. The summed E-state index contributed by atoms with van der Waals surface area (Å²) in [5.41, 5.74) is 0.937. The van der Waals surface area contributed by atoms with Gasteiger partial charge in [0, 0.05) is 25.7 Å². The fraction of sp³-hybridized carbons (Fsp3) is 0.762. The van der Waals surface area contributed by atoms with Crippen molar-refractivity contribution in [3.8, 4) is 0 Å². The molecule has 0 aliphatic carbocycles. The zero-order valence-electron chi connectivity index (χ0n) is 17.5. The smallest absolute Gasteiger partial charge is 0.273 e. The Hall–Kier alpha value is -1.85. The third kappa shape index (κ3) is 3.50. The molecule has 1 aromatic heterocycles. The second-order valence-electron chi connectivity index (χ2n) is 8.72. The minimum absolute atomic E-state index is 0.0317. The summed E-state index contributed by atoms with van der Waals surface area (Å²) in [5.74, 6) is 0.598. The number of aryl methyl sites for hydroxylation is 1. The number of carbonyl (C=O) groups is 2. The van der Waals surface area contributed by atoms with Gasteiger partial charge in [-0.15, -0.1) is 0 Å². The van der Waals surface area contributed by atoms with Gasteiger partial charge in [0.15, 0.2) is 0 Å². The highest BCUT2D eigenvalue weighted by atomic mass is 16.2. The Labute approximate surface area is 162 Å². The molecule has 2 amide bonds. The topological polar surface area (TPSA) is 58.4 Å². The van der Waals surface area contributed by atoms with E-state index in [4.69, 9.17) is 0 Å². The molecule has 6 heteroatoms. The Morgan fingerprint density at radius 2 is 1.85 bits per heavy atom. The van der Waals surface area contributed by atoms with Crippen LogP contribution in [-0.4, -0.2) is 56.1 Å². The number of nitrogens with zero attached hydrogens (tertiary/aromatic N) is 4. The van der Waals surface area contributed by atoms with Crippen LogP contribution in [0.3, 0.4) is 0 Å². The Balaban J connectivity index is 1.92. The zero-order chi connectivity index (χ0) is 19.8. The van der Waals surface area contributed by atoms with Crippen molar-refractivity contribution in [2.45, 2.75) is 84.8 Å². The van der Waals surface area contributed by atoms with Crippen molar-refractivity contribution in [3.63, 3.8) is 0 Å². The van der Waals surface area contributed by atoms with Gasteiger partial charge in [0.1, 0.15) is 11.2 Å². The molecule has 0 N–H and O–H groups in total. The lowest BCUT2D eigenvalue weighted by Crippen LogP contribution is -2.62. The molecule has 3 rings (SSSR count). The monoisotopic (exact) mass is 374 g/mol. The van der Waals surface area contributed by atoms with E-state index in [-0.39, 0.29) is 17.9 Å². The number of hydrogen-bond acceptors (Lipinski definition) is 3. The molecule has 2 aliphatic rings. The predicted molar refractivity (Wildman–Crippen MR) is 106 cm³/mol. The number of rotatable bonds is 5. The highest BCUT2D eigenvalue weighted by molar-refractivity contribution is 5.99. The number of likely N-dealkylation sites (tertiary alicyclic amines) is 2. The molecule has 0 bridgehead atoms. The molecule has 1 aromatic rings. The van der Waals surface area contributed by atoms with Gasteiger partial charge in [-0.05, 0) is 64.9 Å². The van der Waals surface area contributed by atoms with Crippen LogP contribution in [0.4, 0.5) is 0 Å². The average Bonchev–Trinajstić information content (AvgIpc) is 3.20. The van der Waals surface area contributed by atoms with E-state index in [1.807, 2.05) is 22.8 Å². The van der Waals surface area contributed by atoms with Crippen molar-refractivity contribution in [3.05, 3.63) is 17.5 Å². The largest absolute Gasteiger partial charge is 0.338 e. The molecule has 1 spiro atoms. The maximum atomic E-state index is 13.5. The molecular weight excluding hydrogens is 340 g/mol. The first-order chi connectivity index (χ1) is 12.8. The number of amides is 2. The Bertz CT molecular complexity index is 709. The normalized spacial score (nSPS) is 23.3. The van der Waals surface area contributed by atoms with Crippen LogP contribution < -0.4 is 0 Å². The minimum Gasteiger partial charge on any atom is -0.338 e. The highest BCUT2D eigenvalue weighted by Gasteiger charge is 2.53. The third-order valence-electron chi connectivity index (χ3n) is 5.97. The summed E-state index contributed by atoms with van der Waals surface area (Å²) in [6.07, 6.45) is 4.26. The van der Waals surface area contributed by atoms with Gasteiger partial charge in [0.05, 0.1) is 5.69 Å². The van der Waals surface area contributed by atoms with Crippen molar-refractivity contribution >= 4 is 11.8 Å². The lowest BCUT2D eigenvalue weighted by atomic mass is 9.84. The zero-order valence-corrected chi connectivity index (χ0v) is 17.5. The summed E-state index contributed by atoms with van der Waals surface area (Å²) in [5, 5.41) is 4.63. The molecule has 6 nitrogen and oxygen atoms in total. The van der Waals surface area contributed by atoms with E-state index in [2.05, 4.69) is 32.8 Å². The van der Waals surface area contributed by atoms with Crippen LogP contribution in [0.25, 0.3) is 0 Å². The molecule has 1 atom stereocenters. The first-order valence-electron chi connectivity index (χ1n) is 10.5. The van der Waals surface area contributed by atoms with Crippen LogP contribution in [0.1, 0.15) is 76.5 Å². The van der Waals surface area contributed by atoms with Gasteiger partial charge in [-0.3, -0.25) is 14.3 Å². The van der Waals surface area contributed by atoms with E-state index < -0.39 is 5.54 Å². The summed E-state index contributed by atoms with van der Waals surface area (Å²) in [4.78, 5) is 30.7. The quantitative estimate of drug-likeness (QED) is 0.796. The van der Waals surface area contributed by atoms with Crippen LogP contribution in [0.2, 0.25) is 0 Å². The molecular formula is C21H34N4O2. The van der Waals surface area contributed by atoms with Crippen molar-refractivity contribution < 1.29 is 9.59 Å². The van der Waals surface area contributed by atoms with Gasteiger partial charge in [-0.1, -0.05) is 13.8 Å². The van der Waals surface area contributed by atoms with Gasteiger partial charge in [0.25, 0.3) is 5.91 Å². The number of piperidine rings is 1. The van der Waals surface area contributed by atoms with E-state index in [1.165, 1.54) is 0 Å². The molecule has 0 saturated carbocycles. The van der Waals surface area contributed by atoms with Crippen LogP contribution in [0.15, 0.2) is 6.07 Å². The summed E-state index contributed by atoms with van der Waals surface area (Å²) >= 11 is 0. The van der Waals surface area contributed by atoms with E-state index in [0.717, 1.165) is 44.3 Å². The van der Waals surface area contributed by atoms with Gasteiger partial charge >= 0.3 is 0 Å². The predicted octanol–water partition coefficient (Wildman–Crippen LogP) is 3.11. The summed E-state index contributed by atoms with van der Waals surface area (Å²) < 4.78 is 1.81. The second-order valence-corrected chi connectivity index (χ2v) is 8.72. The average molecular weight is 375 g/mol. The Kier molecular flexibility index (Phi) is 5.63. The van der Waals surface area contributed by atoms with E-state index >= 15 is 0 Å². The maximum absolute atomic E-state index is 13.5. The van der Waals surface area contributed by atoms with Crippen LogP contribution in [0.5, 0.6) is 0 Å². The summed E-state index contributed by atoms with van der Waals surface area (Å²) in [7, 11) is 0. The fourth-order valence-corrected chi connectivity index (χ4v) is 4.71. The summed E-state index contributed by atoms with van der Waals surface area (Å²) in [6.45, 7) is 12.6. The lowest BCUT2D eigenvalue weighted by molar-refractivity contribution is -0.147. The molecule has 27 heavy (non-hydrogen) atoms. The van der Waals surface area contributed by atoms with Crippen molar-refractivity contribution in [2.75, 3.05) is 13.1 Å². The fourth-order valence-electron chi connectivity index (χ4n) is 4.71. The molecule has 0 aromatic carbocycles. The van der Waals surface area contributed by atoms with Gasteiger partial charge in [-0.2, -0.15) is 5.10 Å². The maximum Gasteiger partial charge on any atom is 0.273 e. The van der Waals surface area contributed by atoms with Crippen LogP contribution in [-0.2, 0) is 17.8 Å². The minimum atomic E-state index is -0.652. The lowest BCUT2D eigenvalue weighted by Gasteiger charge is -2.45. The van der Waals surface area contributed by atoms with E-state index in [9.17, 15) is 9.59 Å². The van der Waals surface area contributed by atoms with Crippen molar-refractivity contribution in [1.29, 1.82) is 0 Å².